The molecule has 0 bridgehead atoms. The van der Waals surface area contributed by atoms with Gasteiger partial charge in [0.05, 0.1) is 24.2 Å². The van der Waals surface area contributed by atoms with E-state index in [4.69, 9.17) is 9.84 Å². The molecule has 0 aliphatic heterocycles. The number of methoxy groups -OCH3 is 1. The number of nitro benzene ring substituents is 1. The Morgan fingerprint density at radius 3 is 2.60 bits per heavy atom. The van der Waals surface area contributed by atoms with E-state index in [1.54, 1.807) is 0 Å². The predicted octanol–water partition coefficient (Wildman–Crippen LogP) is 0.405. The lowest BCUT2D eigenvalue weighted by Crippen LogP contribution is -2.46. The Morgan fingerprint density at radius 2 is 2.10 bits per heavy atom. The molecule has 0 atom stereocenters. The number of rotatable bonds is 5. The van der Waals surface area contributed by atoms with Crippen molar-refractivity contribution in [3.8, 4) is 5.75 Å². The fraction of sp³-hybridized carbons (Fsp3) is 0.455. The van der Waals surface area contributed by atoms with Crippen LogP contribution in [0, 0.1) is 10.1 Å². The molecule has 0 radical (unpaired) electrons. The number of sulfonamides is 1. The third kappa shape index (κ3) is 2.89. The molecule has 2 N–H and O–H groups in total. The molecule has 1 aliphatic carbocycles. The van der Waals surface area contributed by atoms with Gasteiger partial charge in [-0.1, -0.05) is 0 Å². The van der Waals surface area contributed by atoms with Gasteiger partial charge in [0.2, 0.25) is 10.0 Å². The first kappa shape index (κ1) is 14.7. The first-order valence-corrected chi connectivity index (χ1v) is 7.34. The zero-order valence-electron chi connectivity index (χ0n) is 10.6. The summed E-state index contributed by atoms with van der Waals surface area (Å²) in [5.74, 6) is -0.0911. The number of aliphatic hydroxyl groups is 1. The third-order valence-electron chi connectivity index (χ3n) is 3.08. The SMILES string of the molecule is COc1cc([N+](=O)[O-])ccc1S(=O)(=O)NC1CC(O)C1. The minimum Gasteiger partial charge on any atom is -0.495 e. The highest BCUT2D eigenvalue weighted by atomic mass is 32.2. The molecule has 110 valence electrons. The lowest BCUT2D eigenvalue weighted by atomic mass is 9.91. The standard InChI is InChI=1S/C11H14N2O6S/c1-19-10-6-8(13(15)16)2-3-11(10)20(17,18)12-7-4-9(14)5-7/h2-3,6-7,9,12,14H,4-5H2,1H3. The van der Waals surface area contributed by atoms with Gasteiger partial charge in [-0.15, -0.1) is 0 Å². The molecule has 9 heteroatoms. The quantitative estimate of drug-likeness (QED) is 0.600. The lowest BCUT2D eigenvalue weighted by molar-refractivity contribution is -0.385. The van der Waals surface area contributed by atoms with E-state index in [2.05, 4.69) is 4.72 Å². The van der Waals surface area contributed by atoms with Crippen LogP contribution >= 0.6 is 0 Å². The molecule has 2 rings (SSSR count). The Morgan fingerprint density at radius 1 is 1.45 bits per heavy atom. The lowest BCUT2D eigenvalue weighted by Gasteiger charge is -2.31. The van der Waals surface area contributed by atoms with Crippen molar-refractivity contribution in [3.63, 3.8) is 0 Å². The monoisotopic (exact) mass is 302 g/mol. The van der Waals surface area contributed by atoms with Gasteiger partial charge in [0.25, 0.3) is 5.69 Å². The third-order valence-corrected chi connectivity index (χ3v) is 4.64. The van der Waals surface area contributed by atoms with Crippen LogP contribution in [0.2, 0.25) is 0 Å². The first-order chi connectivity index (χ1) is 9.33. The number of aliphatic hydroxyl groups excluding tert-OH is 1. The van der Waals surface area contributed by atoms with Crippen LogP contribution in [0.4, 0.5) is 5.69 Å². The zero-order valence-corrected chi connectivity index (χ0v) is 11.5. The van der Waals surface area contributed by atoms with Crippen LogP contribution in [0.1, 0.15) is 12.8 Å². The smallest absolute Gasteiger partial charge is 0.273 e. The molecule has 0 spiro atoms. The van der Waals surface area contributed by atoms with Gasteiger partial charge in [0.15, 0.2) is 0 Å². The van der Waals surface area contributed by atoms with E-state index in [1.165, 1.54) is 7.11 Å². The van der Waals surface area contributed by atoms with Crippen LogP contribution in [-0.2, 0) is 10.0 Å². The van der Waals surface area contributed by atoms with Gasteiger partial charge in [-0.2, -0.15) is 0 Å². The molecular formula is C11H14N2O6S. The Hall–Kier alpha value is -1.71. The molecule has 20 heavy (non-hydrogen) atoms. The fourth-order valence-corrected chi connectivity index (χ4v) is 3.37. The Balaban J connectivity index is 2.28. The molecule has 0 amide bonds. The molecule has 0 heterocycles. The van der Waals surface area contributed by atoms with Crippen LogP contribution < -0.4 is 9.46 Å². The summed E-state index contributed by atoms with van der Waals surface area (Å²) < 4.78 is 31.6. The summed E-state index contributed by atoms with van der Waals surface area (Å²) in [6.45, 7) is 0. The first-order valence-electron chi connectivity index (χ1n) is 5.86. The molecule has 0 saturated heterocycles. The molecule has 0 aromatic heterocycles. The minimum atomic E-state index is -3.84. The number of hydrogen-bond acceptors (Lipinski definition) is 6. The normalized spacial score (nSPS) is 22.1. The summed E-state index contributed by atoms with van der Waals surface area (Å²) in [4.78, 5) is 9.87. The maximum absolute atomic E-state index is 12.2. The zero-order chi connectivity index (χ0) is 14.9. The van der Waals surface area contributed by atoms with Crippen molar-refractivity contribution >= 4 is 15.7 Å². The summed E-state index contributed by atoms with van der Waals surface area (Å²) in [7, 11) is -2.60. The molecule has 1 aromatic carbocycles. The van der Waals surface area contributed by atoms with Gasteiger partial charge in [0, 0.05) is 12.1 Å². The van der Waals surface area contributed by atoms with Crippen molar-refractivity contribution in [1.82, 2.24) is 4.72 Å². The average Bonchev–Trinajstić information content (AvgIpc) is 2.35. The van der Waals surface area contributed by atoms with Gasteiger partial charge < -0.3 is 9.84 Å². The summed E-state index contributed by atoms with van der Waals surface area (Å²) in [6.07, 6.45) is 0.227. The summed E-state index contributed by atoms with van der Waals surface area (Å²) in [6, 6.07) is 2.97. The van der Waals surface area contributed by atoms with Crippen molar-refractivity contribution in [3.05, 3.63) is 28.3 Å². The van der Waals surface area contributed by atoms with Crippen LogP contribution in [0.25, 0.3) is 0 Å². The van der Waals surface area contributed by atoms with E-state index in [9.17, 15) is 18.5 Å². The molecule has 8 nitrogen and oxygen atoms in total. The van der Waals surface area contributed by atoms with Gasteiger partial charge in [-0.05, 0) is 18.9 Å². The van der Waals surface area contributed by atoms with Gasteiger partial charge in [-0.3, -0.25) is 10.1 Å². The number of nitro groups is 1. The van der Waals surface area contributed by atoms with E-state index in [0.717, 1.165) is 18.2 Å². The highest BCUT2D eigenvalue weighted by molar-refractivity contribution is 7.89. The average molecular weight is 302 g/mol. The topological polar surface area (TPSA) is 119 Å². The van der Waals surface area contributed by atoms with Crippen LogP contribution in [0.5, 0.6) is 5.75 Å². The Kier molecular flexibility index (Phi) is 3.93. The van der Waals surface area contributed by atoms with Crippen molar-refractivity contribution in [2.75, 3.05) is 7.11 Å². The number of hydrogen-bond donors (Lipinski definition) is 2. The maximum Gasteiger partial charge on any atom is 0.273 e. The van der Waals surface area contributed by atoms with E-state index in [1.807, 2.05) is 0 Å². The largest absolute Gasteiger partial charge is 0.495 e. The van der Waals surface area contributed by atoms with E-state index >= 15 is 0 Å². The second kappa shape index (κ2) is 5.35. The number of non-ortho nitro benzene ring substituents is 1. The number of benzene rings is 1. The molecule has 1 aromatic rings. The minimum absolute atomic E-state index is 0.0911. The summed E-state index contributed by atoms with van der Waals surface area (Å²) >= 11 is 0. The number of nitrogens with one attached hydrogen (secondary N) is 1. The molecule has 1 fully saturated rings. The van der Waals surface area contributed by atoms with Crippen LogP contribution in [0.15, 0.2) is 23.1 Å². The van der Waals surface area contributed by atoms with E-state index < -0.39 is 21.1 Å². The van der Waals surface area contributed by atoms with Crippen molar-refractivity contribution in [2.24, 2.45) is 0 Å². The van der Waals surface area contributed by atoms with Gasteiger partial charge in [0.1, 0.15) is 10.6 Å². The van der Waals surface area contributed by atoms with Crippen molar-refractivity contribution in [2.45, 2.75) is 29.9 Å². The fourth-order valence-electron chi connectivity index (χ4n) is 1.96. The van der Waals surface area contributed by atoms with Crippen molar-refractivity contribution < 1.29 is 23.2 Å². The summed E-state index contributed by atoms with van der Waals surface area (Å²) in [5, 5.41) is 19.8. The van der Waals surface area contributed by atoms with E-state index in [-0.39, 0.29) is 22.4 Å². The maximum atomic E-state index is 12.2. The summed E-state index contributed by atoms with van der Waals surface area (Å²) in [5.41, 5.74) is -0.250. The van der Waals surface area contributed by atoms with E-state index in [0.29, 0.717) is 12.8 Å². The highest BCUT2D eigenvalue weighted by Crippen LogP contribution is 2.30. The number of nitrogens with zero attached hydrogens (tertiary/aromatic N) is 1. The van der Waals surface area contributed by atoms with Gasteiger partial charge >= 0.3 is 0 Å². The second-order valence-corrected chi connectivity index (χ2v) is 6.22. The molecule has 1 aliphatic rings. The Labute approximate surface area is 115 Å². The Bertz CT molecular complexity index is 624. The van der Waals surface area contributed by atoms with Crippen LogP contribution in [0.3, 0.4) is 0 Å². The molecule has 0 unspecified atom stereocenters. The highest BCUT2D eigenvalue weighted by Gasteiger charge is 2.32. The second-order valence-electron chi connectivity index (χ2n) is 4.54. The molecular weight excluding hydrogens is 288 g/mol. The van der Waals surface area contributed by atoms with Crippen molar-refractivity contribution in [1.29, 1.82) is 0 Å². The molecule has 1 saturated carbocycles. The number of ether oxygens (including phenoxy) is 1. The van der Waals surface area contributed by atoms with Crippen LogP contribution in [-0.4, -0.2) is 37.7 Å². The van der Waals surface area contributed by atoms with Gasteiger partial charge in [-0.25, -0.2) is 13.1 Å². The predicted molar refractivity (Wildman–Crippen MR) is 69.0 cm³/mol.